The third-order valence-corrected chi connectivity index (χ3v) is 3.36. The lowest BCUT2D eigenvalue weighted by Crippen LogP contribution is -2.27. The van der Waals surface area contributed by atoms with E-state index in [9.17, 15) is 5.21 Å². The van der Waals surface area contributed by atoms with E-state index in [0.717, 1.165) is 20.1 Å². The summed E-state index contributed by atoms with van der Waals surface area (Å²) < 4.78 is 1.92. The summed E-state index contributed by atoms with van der Waals surface area (Å²) >= 11 is 3.37. The largest absolute Gasteiger partial charge is 0.618 e. The molecule has 0 bridgehead atoms. The van der Waals surface area contributed by atoms with Gasteiger partial charge in [0.05, 0.1) is 0 Å². The molecule has 0 aliphatic heterocycles. The van der Waals surface area contributed by atoms with Crippen molar-refractivity contribution in [1.29, 1.82) is 0 Å². The molecule has 15 heavy (non-hydrogen) atoms. The van der Waals surface area contributed by atoms with E-state index in [1.807, 2.05) is 18.2 Å². The summed E-state index contributed by atoms with van der Waals surface area (Å²) in [5, 5.41) is 12.8. The van der Waals surface area contributed by atoms with E-state index in [0.29, 0.717) is 5.92 Å². The summed E-state index contributed by atoms with van der Waals surface area (Å²) in [7, 11) is 0. The smallest absolute Gasteiger partial charge is 0.224 e. The second-order valence-electron chi connectivity index (χ2n) is 4.08. The van der Waals surface area contributed by atoms with Crippen molar-refractivity contribution in [2.24, 2.45) is 0 Å². The van der Waals surface area contributed by atoms with E-state index in [2.05, 4.69) is 22.0 Å². The fourth-order valence-corrected chi connectivity index (χ4v) is 2.24. The maximum Gasteiger partial charge on any atom is 0.224 e. The molecule has 3 rings (SSSR count). The Bertz CT molecular complexity index is 534. The molecule has 0 N–H and O–H groups in total. The molecule has 0 atom stereocenters. The second-order valence-corrected chi connectivity index (χ2v) is 4.99. The number of fused-ring (bicyclic) bond motifs is 1. The van der Waals surface area contributed by atoms with Gasteiger partial charge in [-0.15, -0.1) is 0 Å². The molecule has 0 radical (unpaired) electrons. The third-order valence-electron chi connectivity index (χ3n) is 2.87. The third kappa shape index (κ3) is 1.61. The van der Waals surface area contributed by atoms with Gasteiger partial charge in [-0.3, -0.25) is 0 Å². The first kappa shape index (κ1) is 9.16. The van der Waals surface area contributed by atoms with Crippen LogP contribution in [0.3, 0.4) is 0 Å². The minimum absolute atomic E-state index is 0.623. The van der Waals surface area contributed by atoms with E-state index in [-0.39, 0.29) is 0 Å². The second kappa shape index (κ2) is 3.20. The fourth-order valence-electron chi connectivity index (χ4n) is 1.89. The van der Waals surface area contributed by atoms with Crippen LogP contribution in [0.2, 0.25) is 0 Å². The molecular weight excluding hydrogens is 254 g/mol. The van der Waals surface area contributed by atoms with E-state index in [1.54, 1.807) is 6.20 Å². The molecule has 1 aliphatic rings. The van der Waals surface area contributed by atoms with Gasteiger partial charge in [-0.1, -0.05) is 15.9 Å². The van der Waals surface area contributed by atoms with Crippen LogP contribution < -0.4 is 4.73 Å². The fraction of sp³-hybridized carbons (Fsp3) is 0.250. The number of hydrogen-bond donors (Lipinski definition) is 0. The molecule has 2 aromatic rings. The quantitative estimate of drug-likeness (QED) is 0.574. The molecule has 1 aromatic carbocycles. The van der Waals surface area contributed by atoms with Crippen LogP contribution >= 0.6 is 15.9 Å². The topological polar surface area (TPSA) is 26.9 Å². The molecule has 76 valence electrons. The number of pyridine rings is 1. The normalized spacial score (nSPS) is 15.8. The molecule has 1 aromatic heterocycles. The van der Waals surface area contributed by atoms with Crippen molar-refractivity contribution in [1.82, 2.24) is 0 Å². The van der Waals surface area contributed by atoms with Crippen molar-refractivity contribution in [2.45, 2.75) is 18.8 Å². The summed E-state index contributed by atoms with van der Waals surface area (Å²) in [5.41, 5.74) is 1.91. The molecule has 0 amide bonds. The first-order valence-corrected chi connectivity index (χ1v) is 5.86. The maximum absolute atomic E-state index is 11.8. The number of halogens is 1. The predicted molar refractivity (Wildman–Crippen MR) is 62.6 cm³/mol. The van der Waals surface area contributed by atoms with Crippen LogP contribution in [0.4, 0.5) is 0 Å². The van der Waals surface area contributed by atoms with Crippen LogP contribution in [0.5, 0.6) is 0 Å². The highest BCUT2D eigenvalue weighted by Crippen LogP contribution is 2.40. The Morgan fingerprint density at radius 3 is 2.80 bits per heavy atom. The highest BCUT2D eigenvalue weighted by atomic mass is 79.9. The van der Waals surface area contributed by atoms with Gasteiger partial charge in [0.15, 0.2) is 6.20 Å². The van der Waals surface area contributed by atoms with Crippen LogP contribution in [0, 0.1) is 5.21 Å². The molecule has 1 fully saturated rings. The van der Waals surface area contributed by atoms with E-state index < -0.39 is 0 Å². The number of nitrogens with zero attached hydrogens (tertiary/aromatic N) is 1. The van der Waals surface area contributed by atoms with Gasteiger partial charge < -0.3 is 5.21 Å². The maximum atomic E-state index is 11.8. The van der Waals surface area contributed by atoms with Crippen LogP contribution in [-0.4, -0.2) is 0 Å². The lowest BCUT2D eigenvalue weighted by molar-refractivity contribution is -0.577. The van der Waals surface area contributed by atoms with Gasteiger partial charge in [0.1, 0.15) is 0 Å². The van der Waals surface area contributed by atoms with Crippen molar-refractivity contribution < 1.29 is 4.73 Å². The Kier molecular flexibility index (Phi) is 1.96. The molecule has 1 aliphatic carbocycles. The zero-order valence-corrected chi connectivity index (χ0v) is 9.70. The Balaban J connectivity index is 2.26. The van der Waals surface area contributed by atoms with Gasteiger partial charge >= 0.3 is 0 Å². The van der Waals surface area contributed by atoms with E-state index in [1.165, 1.54) is 18.4 Å². The molecular formula is C12H10BrNO. The average molecular weight is 264 g/mol. The Morgan fingerprint density at radius 2 is 2.07 bits per heavy atom. The Hall–Kier alpha value is -1.09. The average Bonchev–Trinajstić information content (AvgIpc) is 3.02. The van der Waals surface area contributed by atoms with Gasteiger partial charge in [-0.25, -0.2) is 0 Å². The number of aromatic nitrogens is 1. The standard InChI is InChI=1S/C12H10BrNO/c13-11-4-3-9-5-10(8-1-2-8)7-14(15)12(9)6-11/h3-8H,1-2H2. The van der Waals surface area contributed by atoms with Crippen LogP contribution in [-0.2, 0) is 0 Å². The molecule has 0 spiro atoms. The monoisotopic (exact) mass is 263 g/mol. The predicted octanol–water partition coefficient (Wildman–Crippen LogP) is 3.11. The first-order valence-electron chi connectivity index (χ1n) is 5.06. The van der Waals surface area contributed by atoms with E-state index >= 15 is 0 Å². The zero-order chi connectivity index (χ0) is 10.4. The van der Waals surface area contributed by atoms with Gasteiger partial charge in [-0.2, -0.15) is 4.73 Å². The lowest BCUT2D eigenvalue weighted by atomic mass is 10.1. The van der Waals surface area contributed by atoms with Crippen molar-refractivity contribution in [3.8, 4) is 0 Å². The van der Waals surface area contributed by atoms with Gasteiger partial charge in [-0.05, 0) is 37.0 Å². The van der Waals surface area contributed by atoms with Crippen molar-refractivity contribution in [2.75, 3.05) is 0 Å². The van der Waals surface area contributed by atoms with Gasteiger partial charge in [0.25, 0.3) is 0 Å². The number of hydrogen-bond acceptors (Lipinski definition) is 1. The minimum Gasteiger partial charge on any atom is -0.618 e. The summed E-state index contributed by atoms with van der Waals surface area (Å²) in [6.45, 7) is 0. The summed E-state index contributed by atoms with van der Waals surface area (Å²) in [6.07, 6.45) is 4.16. The van der Waals surface area contributed by atoms with E-state index in [4.69, 9.17) is 0 Å². The molecule has 0 unspecified atom stereocenters. The van der Waals surface area contributed by atoms with Gasteiger partial charge in [0.2, 0.25) is 5.52 Å². The summed E-state index contributed by atoms with van der Waals surface area (Å²) in [5.74, 6) is 0.623. The van der Waals surface area contributed by atoms with Crippen LogP contribution in [0.25, 0.3) is 10.9 Å². The molecule has 3 heteroatoms. The zero-order valence-electron chi connectivity index (χ0n) is 8.11. The molecule has 1 saturated carbocycles. The number of benzene rings is 1. The minimum atomic E-state index is 0.623. The van der Waals surface area contributed by atoms with Gasteiger partial charge in [0, 0.05) is 21.5 Å². The molecule has 0 saturated heterocycles. The lowest BCUT2D eigenvalue weighted by Gasteiger charge is -2.04. The highest BCUT2D eigenvalue weighted by Gasteiger charge is 2.26. The van der Waals surface area contributed by atoms with Crippen LogP contribution in [0.1, 0.15) is 24.3 Å². The van der Waals surface area contributed by atoms with Crippen LogP contribution in [0.15, 0.2) is 34.9 Å². The Labute approximate surface area is 96.2 Å². The highest BCUT2D eigenvalue weighted by molar-refractivity contribution is 9.10. The summed E-state index contributed by atoms with van der Waals surface area (Å²) in [6, 6.07) is 7.95. The Morgan fingerprint density at radius 1 is 1.27 bits per heavy atom. The van der Waals surface area contributed by atoms with Crippen molar-refractivity contribution >= 4 is 26.8 Å². The summed E-state index contributed by atoms with van der Waals surface area (Å²) in [4.78, 5) is 0. The van der Waals surface area contributed by atoms with Crippen molar-refractivity contribution in [3.05, 3.63) is 45.7 Å². The van der Waals surface area contributed by atoms with Crippen molar-refractivity contribution in [3.63, 3.8) is 0 Å². The SMILES string of the molecule is [O-][n+]1cc(C2CC2)cc2ccc(Br)cc21. The number of rotatable bonds is 1. The first-order chi connectivity index (χ1) is 7.24. The molecule has 2 nitrogen and oxygen atoms in total. The molecule has 1 heterocycles.